The summed E-state index contributed by atoms with van der Waals surface area (Å²) >= 11 is 0. The third-order valence-electron chi connectivity index (χ3n) is 10.8. The molecule has 5 atom stereocenters. The number of carbonyl (C=O) groups is 4. The van der Waals surface area contributed by atoms with Gasteiger partial charge in [0.2, 0.25) is 28.3 Å². The zero-order valence-electron chi connectivity index (χ0n) is 29.6. The molecule has 2 aromatic rings. The first-order chi connectivity index (χ1) is 25.1. The van der Waals surface area contributed by atoms with Crippen LogP contribution in [0.5, 0.6) is 0 Å². The molecule has 3 saturated carbocycles. The topological polar surface area (TPSA) is 173 Å². The molecule has 0 bridgehead atoms. The Hall–Kier alpha value is -4.60. The minimum atomic E-state index is -4.12. The highest BCUT2D eigenvalue weighted by Gasteiger charge is 2.67. The highest BCUT2D eigenvalue weighted by Crippen LogP contribution is 2.48. The normalized spacial score (nSPS) is 25.4. The molecule has 2 aromatic carbocycles. The number of fused-ring (bicyclic) bond motifs is 3. The second-order valence-electron chi connectivity index (χ2n) is 15.7. The number of sulfonamides is 1. The van der Waals surface area contributed by atoms with Gasteiger partial charge in [-0.3, -0.25) is 19.1 Å². The Kier molecular flexibility index (Phi) is 9.48. The predicted molar refractivity (Wildman–Crippen MR) is 188 cm³/mol. The van der Waals surface area contributed by atoms with Gasteiger partial charge < -0.3 is 25.1 Å². The van der Waals surface area contributed by atoms with Crippen molar-refractivity contribution >= 4 is 39.5 Å². The molecule has 4 aliphatic carbocycles. The van der Waals surface area contributed by atoms with Gasteiger partial charge in [-0.15, -0.1) is 0 Å². The first-order valence-electron chi connectivity index (χ1n) is 18.0. The lowest BCUT2D eigenvalue weighted by Crippen LogP contribution is -2.60. The van der Waals surface area contributed by atoms with Crippen LogP contribution in [0.1, 0.15) is 76.8 Å². The Balaban J connectivity index is 1.16. The van der Waals surface area contributed by atoms with E-state index >= 15 is 0 Å². The Morgan fingerprint density at radius 2 is 1.53 bits per heavy atom. The summed E-state index contributed by atoms with van der Waals surface area (Å²) < 4.78 is 60.7. The predicted octanol–water partition coefficient (Wildman–Crippen LogP) is 3.85. The van der Waals surface area contributed by atoms with Crippen LogP contribution in [0.2, 0.25) is 0 Å². The number of rotatable bonds is 11. The van der Waals surface area contributed by atoms with E-state index in [0.29, 0.717) is 31.4 Å². The van der Waals surface area contributed by atoms with E-state index in [9.17, 15) is 36.4 Å². The van der Waals surface area contributed by atoms with Crippen LogP contribution in [0.15, 0.2) is 53.7 Å². The number of likely N-dealkylation sites (tertiary alicyclic amines) is 1. The number of alkyl carbamates (subject to hydrolysis) is 1. The minimum Gasteiger partial charge on any atom is -0.446 e. The Bertz CT molecular complexity index is 1910. The largest absolute Gasteiger partial charge is 0.446 e. The maximum absolute atomic E-state index is 14.4. The van der Waals surface area contributed by atoms with Crippen molar-refractivity contribution < 1.29 is 46.0 Å². The summed E-state index contributed by atoms with van der Waals surface area (Å²) in [5, 5.41) is 8.79. The molecule has 13 nitrogen and oxygen atoms in total. The van der Waals surface area contributed by atoms with Crippen molar-refractivity contribution in [2.45, 2.75) is 107 Å². The molecule has 1 saturated heterocycles. The lowest BCUT2D eigenvalue weighted by Gasteiger charge is -2.36. The average Bonchev–Trinajstić information content (AvgIpc) is 4.00. The number of amides is 4. The summed E-state index contributed by atoms with van der Waals surface area (Å²) in [6.45, 7) is 5.03. The van der Waals surface area contributed by atoms with Gasteiger partial charge in [0.15, 0.2) is 0 Å². The molecule has 284 valence electrons. The number of oxime groups is 1. The third kappa shape index (κ3) is 7.21. The number of nitrogens with one attached hydrogen (secondary N) is 3. The average molecular weight is 756 g/mol. The highest BCUT2D eigenvalue weighted by atomic mass is 32.2. The van der Waals surface area contributed by atoms with Crippen molar-refractivity contribution in [3.8, 4) is 11.1 Å². The molecule has 1 aliphatic heterocycles. The maximum atomic E-state index is 14.4. The van der Waals surface area contributed by atoms with E-state index in [4.69, 9.17) is 9.57 Å². The number of ether oxygens (including phenoxy) is 1. The summed E-state index contributed by atoms with van der Waals surface area (Å²) in [5.41, 5.74) is 1.07. The molecule has 5 aliphatic rings. The van der Waals surface area contributed by atoms with E-state index in [-0.39, 0.29) is 19.1 Å². The molecule has 0 radical (unpaired) electrons. The summed E-state index contributed by atoms with van der Waals surface area (Å²) in [4.78, 5) is 62.0. The molecule has 3 N–H and O–H groups in total. The van der Waals surface area contributed by atoms with Gasteiger partial charge in [0.1, 0.15) is 35.5 Å². The fourth-order valence-electron chi connectivity index (χ4n) is 7.23. The second-order valence-corrected chi connectivity index (χ2v) is 17.6. The van der Waals surface area contributed by atoms with Gasteiger partial charge in [-0.25, -0.2) is 22.0 Å². The van der Waals surface area contributed by atoms with Gasteiger partial charge in [-0.2, -0.15) is 0 Å². The van der Waals surface area contributed by atoms with Gasteiger partial charge in [-0.1, -0.05) is 74.5 Å². The molecule has 53 heavy (non-hydrogen) atoms. The molecule has 1 unspecified atom stereocenters. The molecule has 0 aromatic heterocycles. The summed E-state index contributed by atoms with van der Waals surface area (Å²) in [6.07, 6.45) is -2.57. The number of carbonyl (C=O) groups excluding carboxylic acids is 4. The van der Waals surface area contributed by atoms with Crippen LogP contribution in [0.4, 0.5) is 13.6 Å². The van der Waals surface area contributed by atoms with Crippen LogP contribution in [-0.4, -0.2) is 90.9 Å². The molecular weight excluding hydrogens is 712 g/mol. The van der Waals surface area contributed by atoms with E-state index in [1.807, 2.05) is 53.3 Å². The number of benzene rings is 2. The number of alkyl halides is 2. The van der Waals surface area contributed by atoms with Crippen LogP contribution >= 0.6 is 0 Å². The van der Waals surface area contributed by atoms with Crippen molar-refractivity contribution in [1.82, 2.24) is 20.3 Å². The quantitative estimate of drug-likeness (QED) is 0.248. The summed E-state index contributed by atoms with van der Waals surface area (Å²) in [5.74, 6) is -4.49. The van der Waals surface area contributed by atoms with Gasteiger partial charge in [-0.05, 0) is 55.1 Å². The molecule has 0 spiro atoms. The van der Waals surface area contributed by atoms with Crippen LogP contribution in [0, 0.1) is 11.3 Å². The van der Waals surface area contributed by atoms with Crippen LogP contribution in [0.3, 0.4) is 0 Å². The lowest BCUT2D eigenvalue weighted by atomic mass is 9.85. The van der Waals surface area contributed by atoms with Gasteiger partial charge in [0.25, 0.3) is 5.91 Å². The Labute approximate surface area is 306 Å². The number of halogens is 2. The Morgan fingerprint density at radius 1 is 0.925 bits per heavy atom. The highest BCUT2D eigenvalue weighted by molar-refractivity contribution is 7.91. The fraction of sp³-hybridized carbons (Fsp3) is 0.541. The summed E-state index contributed by atoms with van der Waals surface area (Å²) in [7, 11) is -4.12. The van der Waals surface area contributed by atoms with Crippen LogP contribution < -0.4 is 15.4 Å². The SMILES string of the molecule is CC(C)(C)[C@H](NC(=O)OC1CCC1)C(=O)N1C[C@H](ON=C2c3ccccc3-c3ccccc32)CC1C(=O)N[C@@]1(C(=O)NS(=O)(=O)C2CC2)C[C@H]1C(F)F. The van der Waals surface area contributed by atoms with Gasteiger partial charge >= 0.3 is 6.09 Å². The third-order valence-corrected chi connectivity index (χ3v) is 12.6. The zero-order valence-corrected chi connectivity index (χ0v) is 30.5. The first kappa shape index (κ1) is 36.7. The number of hydrogen-bond acceptors (Lipinski definition) is 9. The standard InChI is InChI=1S/C37H43F2N5O8S/c1-36(2,3)30(40-35(48)51-20-9-8-10-20)33(46)44-19-21(52-42-29-25-13-6-4-11-23(25)24-12-5-7-14-26(24)29)17-28(44)32(45)41-37(18-27(37)31(38)39)34(47)43-53(49,50)22-15-16-22/h4-7,11-14,20-22,27-28,30-31H,8-10,15-19H2,1-3H3,(H,40,48)(H,41,45)(H,43,47)/t21-,27+,28?,30-,37+/m1/s1. The Morgan fingerprint density at radius 3 is 2.04 bits per heavy atom. The van der Waals surface area contributed by atoms with Crippen molar-refractivity contribution in [3.63, 3.8) is 0 Å². The smallest absolute Gasteiger partial charge is 0.408 e. The first-order valence-corrected chi connectivity index (χ1v) is 19.5. The van der Waals surface area contributed by atoms with Crippen molar-refractivity contribution in [2.24, 2.45) is 16.5 Å². The minimum absolute atomic E-state index is 0.140. The molecule has 1 heterocycles. The number of nitrogens with zero attached hydrogens (tertiary/aromatic N) is 2. The van der Waals surface area contributed by atoms with E-state index in [0.717, 1.165) is 28.7 Å². The monoisotopic (exact) mass is 755 g/mol. The van der Waals surface area contributed by atoms with Gasteiger partial charge in [0, 0.05) is 17.5 Å². The van der Waals surface area contributed by atoms with Crippen LogP contribution in [-0.2, 0) is 34.0 Å². The van der Waals surface area contributed by atoms with Crippen molar-refractivity contribution in [2.75, 3.05) is 6.54 Å². The zero-order chi connectivity index (χ0) is 37.9. The second kappa shape index (κ2) is 13.7. The van der Waals surface area contributed by atoms with E-state index < -0.39 is 87.0 Å². The van der Waals surface area contributed by atoms with E-state index in [2.05, 4.69) is 15.8 Å². The van der Waals surface area contributed by atoms with E-state index in [1.165, 1.54) is 4.90 Å². The number of hydrogen-bond donors (Lipinski definition) is 3. The maximum Gasteiger partial charge on any atom is 0.408 e. The summed E-state index contributed by atoms with van der Waals surface area (Å²) in [6, 6.07) is 12.8. The molecule has 7 rings (SSSR count). The van der Waals surface area contributed by atoms with E-state index in [1.54, 1.807) is 20.8 Å². The lowest BCUT2D eigenvalue weighted by molar-refractivity contribution is -0.143. The van der Waals surface area contributed by atoms with Crippen molar-refractivity contribution in [1.29, 1.82) is 0 Å². The molecule has 4 fully saturated rings. The molecular formula is C37H43F2N5O8S. The fourth-order valence-corrected chi connectivity index (χ4v) is 8.59. The van der Waals surface area contributed by atoms with Crippen molar-refractivity contribution in [3.05, 3.63) is 59.7 Å². The molecule has 16 heteroatoms. The van der Waals surface area contributed by atoms with Crippen LogP contribution in [0.25, 0.3) is 11.1 Å². The molecule has 4 amide bonds. The van der Waals surface area contributed by atoms with Gasteiger partial charge in [0.05, 0.1) is 17.7 Å².